The molecule has 0 spiro atoms. The van der Waals surface area contributed by atoms with Crippen molar-refractivity contribution in [1.29, 1.82) is 0 Å². The van der Waals surface area contributed by atoms with Crippen molar-refractivity contribution >= 4 is 21.4 Å². The van der Waals surface area contributed by atoms with Crippen molar-refractivity contribution in [2.24, 2.45) is 0 Å². The molecule has 0 amide bonds. The summed E-state index contributed by atoms with van der Waals surface area (Å²) in [4.78, 5) is 0. The highest BCUT2D eigenvalue weighted by Crippen LogP contribution is 2.20. The van der Waals surface area contributed by atoms with Gasteiger partial charge in [-0.1, -0.05) is 0 Å². The minimum absolute atomic E-state index is 0.134. The van der Waals surface area contributed by atoms with Crippen LogP contribution in [0.5, 0.6) is 0 Å². The number of ether oxygens (including phenoxy) is 1. The van der Waals surface area contributed by atoms with Gasteiger partial charge in [-0.25, -0.2) is 13.1 Å². The van der Waals surface area contributed by atoms with Crippen molar-refractivity contribution in [3.8, 4) is 0 Å². The van der Waals surface area contributed by atoms with Crippen LogP contribution in [0.3, 0.4) is 0 Å². The predicted octanol–water partition coefficient (Wildman–Crippen LogP) is 1.17. The van der Waals surface area contributed by atoms with Gasteiger partial charge in [-0.2, -0.15) is 0 Å². The van der Waals surface area contributed by atoms with E-state index in [-0.39, 0.29) is 6.04 Å². The van der Waals surface area contributed by atoms with Gasteiger partial charge < -0.3 is 10.1 Å². The normalized spacial score (nSPS) is 13.7. The van der Waals surface area contributed by atoms with E-state index in [0.29, 0.717) is 23.8 Å². The minimum Gasteiger partial charge on any atom is -0.385 e. The maximum Gasteiger partial charge on any atom is 0.250 e. The Bertz CT molecular complexity index is 457. The highest BCUT2D eigenvalue weighted by atomic mass is 32.2. The summed E-state index contributed by atoms with van der Waals surface area (Å²) in [6, 6.07) is 1.57. The maximum absolute atomic E-state index is 12.1. The molecule has 0 aliphatic carbocycles. The van der Waals surface area contributed by atoms with Crippen molar-refractivity contribution in [1.82, 2.24) is 10.0 Å². The molecule has 104 valence electrons. The Morgan fingerprint density at radius 3 is 2.83 bits per heavy atom. The molecule has 18 heavy (non-hydrogen) atoms. The average Bonchev–Trinajstić information content (AvgIpc) is 2.75. The fraction of sp³-hybridized carbons (Fsp3) is 0.636. The van der Waals surface area contributed by atoms with Crippen molar-refractivity contribution in [3.05, 3.63) is 17.0 Å². The second-order valence-electron chi connectivity index (χ2n) is 4.11. The molecule has 1 rings (SSSR count). The Morgan fingerprint density at radius 2 is 2.22 bits per heavy atom. The zero-order valence-electron chi connectivity index (χ0n) is 10.9. The number of rotatable bonds is 8. The van der Waals surface area contributed by atoms with Crippen LogP contribution in [0.15, 0.2) is 15.7 Å². The Morgan fingerprint density at radius 1 is 1.50 bits per heavy atom. The van der Waals surface area contributed by atoms with E-state index < -0.39 is 10.0 Å². The Kier molecular flexibility index (Phi) is 6.24. The van der Waals surface area contributed by atoms with Crippen molar-refractivity contribution in [2.45, 2.75) is 30.1 Å². The third-order valence-electron chi connectivity index (χ3n) is 2.39. The molecule has 1 aromatic heterocycles. The molecule has 1 heterocycles. The summed E-state index contributed by atoms with van der Waals surface area (Å²) in [5, 5.41) is 4.84. The molecular formula is C11H20N2O3S2. The third-order valence-corrected chi connectivity index (χ3v) is 5.46. The Balaban J connectivity index is 2.67. The van der Waals surface area contributed by atoms with Crippen LogP contribution in [-0.2, 0) is 21.3 Å². The zero-order valence-corrected chi connectivity index (χ0v) is 12.5. The first-order valence-corrected chi connectivity index (χ1v) is 8.09. The number of hydrogen-bond acceptors (Lipinski definition) is 5. The van der Waals surface area contributed by atoms with E-state index in [1.165, 1.54) is 11.3 Å². The summed E-state index contributed by atoms with van der Waals surface area (Å²) in [7, 11) is 0.0297. The Labute approximate surface area is 113 Å². The van der Waals surface area contributed by atoms with Gasteiger partial charge in [0.2, 0.25) is 10.0 Å². The third kappa shape index (κ3) is 4.66. The molecule has 5 nitrogen and oxygen atoms in total. The summed E-state index contributed by atoms with van der Waals surface area (Å²) < 4.78 is 32.1. The molecule has 0 bridgehead atoms. The summed E-state index contributed by atoms with van der Waals surface area (Å²) in [6.45, 7) is 3.04. The molecule has 1 aromatic rings. The molecule has 1 unspecified atom stereocenters. The fourth-order valence-electron chi connectivity index (χ4n) is 1.47. The summed E-state index contributed by atoms with van der Waals surface area (Å²) in [5.41, 5.74) is 0.979. The number of methoxy groups -OCH3 is 1. The largest absolute Gasteiger partial charge is 0.385 e. The molecule has 7 heteroatoms. The molecular weight excluding hydrogens is 272 g/mol. The maximum atomic E-state index is 12.1. The van der Waals surface area contributed by atoms with Crippen LogP contribution >= 0.6 is 11.3 Å². The predicted molar refractivity (Wildman–Crippen MR) is 73.4 cm³/mol. The molecule has 2 N–H and O–H groups in total. The standard InChI is InChI=1S/C11H20N2O3S2/c1-9(4-5-16-3)13-18(14,15)11-6-10(7-12-2)8-17-11/h6,8-9,12-13H,4-5,7H2,1-3H3. The highest BCUT2D eigenvalue weighted by molar-refractivity contribution is 7.91. The van der Waals surface area contributed by atoms with Gasteiger partial charge in [0, 0.05) is 26.3 Å². The molecule has 0 aliphatic heterocycles. The minimum atomic E-state index is -3.40. The lowest BCUT2D eigenvalue weighted by Gasteiger charge is -2.12. The first kappa shape index (κ1) is 15.6. The van der Waals surface area contributed by atoms with Crippen molar-refractivity contribution in [3.63, 3.8) is 0 Å². The topological polar surface area (TPSA) is 67.4 Å². The van der Waals surface area contributed by atoms with Crippen LogP contribution in [0.25, 0.3) is 0 Å². The van der Waals surface area contributed by atoms with Gasteiger partial charge in [0.25, 0.3) is 0 Å². The summed E-state index contributed by atoms with van der Waals surface area (Å²) in [6.07, 6.45) is 0.657. The second kappa shape index (κ2) is 7.20. The second-order valence-corrected chi connectivity index (χ2v) is 6.96. The van der Waals surface area contributed by atoms with Gasteiger partial charge >= 0.3 is 0 Å². The Hall–Kier alpha value is -0.470. The van der Waals surface area contributed by atoms with Crippen molar-refractivity contribution < 1.29 is 13.2 Å². The number of nitrogens with one attached hydrogen (secondary N) is 2. The fourth-order valence-corrected chi connectivity index (χ4v) is 3.97. The van der Waals surface area contributed by atoms with Crippen LogP contribution in [0.4, 0.5) is 0 Å². The molecule has 0 aliphatic rings. The first-order chi connectivity index (χ1) is 8.49. The summed E-state index contributed by atoms with van der Waals surface area (Å²) in [5.74, 6) is 0. The van der Waals surface area contributed by atoms with Gasteiger partial charge in [-0.3, -0.25) is 0 Å². The van der Waals surface area contributed by atoms with Crippen molar-refractivity contribution in [2.75, 3.05) is 20.8 Å². The SMILES string of the molecule is CNCc1csc(S(=O)(=O)NC(C)CCOC)c1. The molecule has 0 saturated heterocycles. The lowest BCUT2D eigenvalue weighted by molar-refractivity contribution is 0.188. The van der Waals surface area contributed by atoms with Crippen LogP contribution in [0.2, 0.25) is 0 Å². The quantitative estimate of drug-likeness (QED) is 0.755. The van der Waals surface area contributed by atoms with E-state index in [4.69, 9.17) is 4.74 Å². The van der Waals surface area contributed by atoms with Gasteiger partial charge in [-0.05, 0) is 37.4 Å². The van der Waals surface area contributed by atoms with Gasteiger partial charge in [0.05, 0.1) is 0 Å². The molecule has 1 atom stereocenters. The van der Waals surface area contributed by atoms with E-state index >= 15 is 0 Å². The number of sulfonamides is 1. The van der Waals surface area contributed by atoms with E-state index in [0.717, 1.165) is 5.56 Å². The van der Waals surface area contributed by atoms with Gasteiger partial charge in [-0.15, -0.1) is 11.3 Å². The van der Waals surface area contributed by atoms with Crippen LogP contribution in [0, 0.1) is 0 Å². The van der Waals surface area contributed by atoms with E-state index in [2.05, 4.69) is 10.0 Å². The van der Waals surface area contributed by atoms with Crippen LogP contribution < -0.4 is 10.0 Å². The lowest BCUT2D eigenvalue weighted by atomic mass is 10.3. The molecule has 0 fully saturated rings. The molecule has 0 saturated carbocycles. The number of thiophene rings is 1. The summed E-state index contributed by atoms with van der Waals surface area (Å²) >= 11 is 1.24. The first-order valence-electron chi connectivity index (χ1n) is 5.73. The lowest BCUT2D eigenvalue weighted by Crippen LogP contribution is -2.32. The van der Waals surface area contributed by atoms with Crippen LogP contribution in [0.1, 0.15) is 18.9 Å². The number of hydrogen-bond donors (Lipinski definition) is 2. The average molecular weight is 292 g/mol. The molecule has 0 aromatic carbocycles. The smallest absolute Gasteiger partial charge is 0.250 e. The van der Waals surface area contributed by atoms with Gasteiger partial charge in [0.1, 0.15) is 4.21 Å². The van der Waals surface area contributed by atoms with E-state index in [9.17, 15) is 8.42 Å². The van der Waals surface area contributed by atoms with Gasteiger partial charge in [0.15, 0.2) is 0 Å². The van der Waals surface area contributed by atoms with E-state index in [1.54, 1.807) is 13.2 Å². The zero-order chi connectivity index (χ0) is 13.6. The van der Waals surface area contributed by atoms with E-state index in [1.807, 2.05) is 19.4 Å². The van der Waals surface area contributed by atoms with Crippen LogP contribution in [-0.4, -0.2) is 35.2 Å². The monoisotopic (exact) mass is 292 g/mol. The highest BCUT2D eigenvalue weighted by Gasteiger charge is 2.19. The molecule has 0 radical (unpaired) electrons.